The highest BCUT2D eigenvalue weighted by atomic mass is 35.5. The van der Waals surface area contributed by atoms with Crippen molar-refractivity contribution in [1.82, 2.24) is 14.8 Å². The third-order valence-electron chi connectivity index (χ3n) is 6.07. The van der Waals surface area contributed by atoms with Crippen molar-refractivity contribution in [1.29, 1.82) is 0 Å². The number of hydrogen-bond acceptors (Lipinski definition) is 4. The maximum absolute atomic E-state index is 13.1. The third-order valence-corrected chi connectivity index (χ3v) is 6.07. The first-order valence-electron chi connectivity index (χ1n) is 10.3. The van der Waals surface area contributed by atoms with Gasteiger partial charge in [-0.05, 0) is 75.6 Å². The molecule has 1 aromatic heterocycles. The standard InChI is InChI=1S/C21H33N3O3.ClH/c1-16-5-10-24(15-18-4-3-9-22-14-18)21(26)19(16)20(25)23-11-6-17(7-12-23)8-13-27-2;/h5,10,17-18,22H,3-4,6-9,11-15H2,1-2H3;1H. The van der Waals surface area contributed by atoms with Crippen LogP contribution in [0, 0.1) is 18.8 Å². The van der Waals surface area contributed by atoms with Crippen molar-refractivity contribution in [2.45, 2.75) is 45.6 Å². The molecule has 1 amide bonds. The van der Waals surface area contributed by atoms with Crippen molar-refractivity contribution in [2.75, 3.05) is 39.9 Å². The van der Waals surface area contributed by atoms with Crippen molar-refractivity contribution >= 4 is 18.3 Å². The summed E-state index contributed by atoms with van der Waals surface area (Å²) in [4.78, 5) is 28.0. The first kappa shape index (κ1) is 22.9. The minimum Gasteiger partial charge on any atom is -0.385 e. The molecule has 1 unspecified atom stereocenters. The summed E-state index contributed by atoms with van der Waals surface area (Å²) in [6, 6.07) is 1.91. The van der Waals surface area contributed by atoms with E-state index in [9.17, 15) is 9.59 Å². The Hall–Kier alpha value is -1.37. The number of rotatable bonds is 6. The number of amides is 1. The van der Waals surface area contributed by atoms with Crippen LogP contribution in [0.2, 0.25) is 0 Å². The molecule has 158 valence electrons. The Balaban J connectivity index is 0.00000280. The summed E-state index contributed by atoms with van der Waals surface area (Å²) in [5.74, 6) is 0.971. The predicted octanol–water partition coefficient (Wildman–Crippen LogP) is 2.47. The lowest BCUT2D eigenvalue weighted by molar-refractivity contribution is 0.0666. The Kier molecular flexibility index (Phi) is 8.99. The summed E-state index contributed by atoms with van der Waals surface area (Å²) in [5, 5.41) is 3.39. The van der Waals surface area contributed by atoms with Crippen molar-refractivity contribution in [3.63, 3.8) is 0 Å². The topological polar surface area (TPSA) is 63.6 Å². The molecule has 0 aliphatic carbocycles. The van der Waals surface area contributed by atoms with Gasteiger partial charge in [0, 0.05) is 39.5 Å². The summed E-state index contributed by atoms with van der Waals surface area (Å²) in [7, 11) is 1.73. The van der Waals surface area contributed by atoms with Gasteiger partial charge in [0.05, 0.1) is 0 Å². The van der Waals surface area contributed by atoms with Crippen molar-refractivity contribution < 1.29 is 9.53 Å². The van der Waals surface area contributed by atoms with Crippen molar-refractivity contribution in [3.05, 3.63) is 33.7 Å². The molecule has 0 aromatic carbocycles. The van der Waals surface area contributed by atoms with E-state index in [0.717, 1.165) is 70.5 Å². The second-order valence-electron chi connectivity index (χ2n) is 8.06. The molecule has 1 N–H and O–H groups in total. The summed E-state index contributed by atoms with van der Waals surface area (Å²) >= 11 is 0. The van der Waals surface area contributed by atoms with Gasteiger partial charge in [0.15, 0.2) is 0 Å². The Labute approximate surface area is 174 Å². The molecule has 1 aromatic rings. The normalized spacial score (nSPS) is 20.6. The molecule has 2 saturated heterocycles. The highest BCUT2D eigenvalue weighted by Crippen LogP contribution is 2.22. The first-order chi connectivity index (χ1) is 13.1. The number of carbonyl (C=O) groups is 1. The summed E-state index contributed by atoms with van der Waals surface area (Å²) in [5.41, 5.74) is 1.01. The molecular weight excluding hydrogens is 378 g/mol. The SMILES string of the molecule is COCCC1CCN(C(=O)c2c(C)ccn(CC3CCCNC3)c2=O)CC1.Cl. The molecule has 2 aliphatic rings. The van der Waals surface area contributed by atoms with Crippen LogP contribution in [0.1, 0.15) is 48.0 Å². The zero-order valence-electron chi connectivity index (χ0n) is 17.1. The number of likely N-dealkylation sites (tertiary alicyclic amines) is 1. The molecule has 0 radical (unpaired) electrons. The van der Waals surface area contributed by atoms with Crippen molar-refractivity contribution in [2.24, 2.45) is 11.8 Å². The van der Waals surface area contributed by atoms with Crippen molar-refractivity contribution in [3.8, 4) is 0 Å². The van der Waals surface area contributed by atoms with Gasteiger partial charge >= 0.3 is 0 Å². The maximum atomic E-state index is 13.1. The van der Waals surface area contributed by atoms with Crippen LogP contribution in [-0.4, -0.2) is 55.3 Å². The van der Waals surface area contributed by atoms with E-state index < -0.39 is 0 Å². The Morgan fingerprint density at radius 2 is 2.00 bits per heavy atom. The summed E-state index contributed by atoms with van der Waals surface area (Å²) < 4.78 is 6.91. The molecule has 6 nitrogen and oxygen atoms in total. The number of nitrogens with zero attached hydrogens (tertiary/aromatic N) is 2. The summed E-state index contributed by atoms with van der Waals surface area (Å²) in [6.45, 7) is 6.79. The van der Waals surface area contributed by atoms with Crippen LogP contribution in [0.25, 0.3) is 0 Å². The van der Waals surface area contributed by atoms with Gasteiger partial charge in [-0.1, -0.05) is 0 Å². The highest BCUT2D eigenvalue weighted by Gasteiger charge is 2.27. The van der Waals surface area contributed by atoms with Gasteiger partial charge in [-0.25, -0.2) is 0 Å². The van der Waals surface area contributed by atoms with Crippen LogP contribution in [0.15, 0.2) is 17.1 Å². The quantitative estimate of drug-likeness (QED) is 0.781. The van der Waals surface area contributed by atoms with E-state index in [1.165, 1.54) is 0 Å². The van der Waals surface area contributed by atoms with Crippen LogP contribution in [0.4, 0.5) is 0 Å². The molecule has 2 fully saturated rings. The first-order valence-corrected chi connectivity index (χ1v) is 10.3. The lowest BCUT2D eigenvalue weighted by Gasteiger charge is -2.32. The fourth-order valence-corrected chi connectivity index (χ4v) is 4.29. The van der Waals surface area contributed by atoms with E-state index in [1.54, 1.807) is 11.7 Å². The number of piperidine rings is 2. The van der Waals surface area contributed by atoms with Crippen LogP contribution in [0.3, 0.4) is 0 Å². The molecule has 0 spiro atoms. The number of halogens is 1. The number of hydrogen-bond donors (Lipinski definition) is 1. The van der Waals surface area contributed by atoms with E-state index in [0.29, 0.717) is 23.9 Å². The third kappa shape index (κ3) is 5.58. The van der Waals surface area contributed by atoms with Gasteiger partial charge in [-0.2, -0.15) is 0 Å². The fourth-order valence-electron chi connectivity index (χ4n) is 4.29. The molecule has 2 aliphatic heterocycles. The molecular formula is C21H34ClN3O3. The predicted molar refractivity (Wildman–Crippen MR) is 113 cm³/mol. The van der Waals surface area contributed by atoms with E-state index in [-0.39, 0.29) is 23.9 Å². The van der Waals surface area contributed by atoms with Gasteiger partial charge in [-0.3, -0.25) is 9.59 Å². The zero-order valence-corrected chi connectivity index (χ0v) is 17.9. The molecule has 7 heteroatoms. The minimum absolute atomic E-state index is 0. The zero-order chi connectivity index (χ0) is 19.2. The van der Waals surface area contributed by atoms with Gasteiger partial charge in [0.1, 0.15) is 5.56 Å². The highest BCUT2D eigenvalue weighted by molar-refractivity contribution is 5.95. The lowest BCUT2D eigenvalue weighted by Crippen LogP contribution is -2.42. The number of aromatic nitrogens is 1. The fraction of sp³-hybridized carbons (Fsp3) is 0.714. The Bertz CT molecular complexity index is 693. The van der Waals surface area contributed by atoms with Crippen LogP contribution >= 0.6 is 12.4 Å². The number of methoxy groups -OCH3 is 1. The minimum atomic E-state index is -0.132. The molecule has 3 rings (SSSR count). The molecule has 0 saturated carbocycles. The molecule has 1 atom stereocenters. The van der Waals surface area contributed by atoms with Gasteiger partial charge < -0.3 is 19.5 Å². The van der Waals surface area contributed by atoms with Gasteiger partial charge in [-0.15, -0.1) is 12.4 Å². The molecule has 0 bridgehead atoms. The van der Waals surface area contributed by atoms with Gasteiger partial charge in [0.2, 0.25) is 0 Å². The van der Waals surface area contributed by atoms with Gasteiger partial charge in [0.25, 0.3) is 11.5 Å². The Morgan fingerprint density at radius 3 is 2.64 bits per heavy atom. The van der Waals surface area contributed by atoms with E-state index in [4.69, 9.17) is 4.74 Å². The summed E-state index contributed by atoms with van der Waals surface area (Å²) in [6.07, 6.45) is 7.15. The smallest absolute Gasteiger partial charge is 0.263 e. The van der Waals surface area contributed by atoms with E-state index in [2.05, 4.69) is 5.32 Å². The maximum Gasteiger partial charge on any atom is 0.263 e. The second kappa shape index (κ2) is 11.0. The molecule has 28 heavy (non-hydrogen) atoms. The number of ether oxygens (including phenoxy) is 1. The lowest BCUT2D eigenvalue weighted by atomic mass is 9.93. The number of pyridine rings is 1. The van der Waals surface area contributed by atoms with E-state index >= 15 is 0 Å². The second-order valence-corrected chi connectivity index (χ2v) is 8.06. The number of nitrogens with one attached hydrogen (secondary N) is 1. The Morgan fingerprint density at radius 1 is 1.25 bits per heavy atom. The number of carbonyl (C=O) groups excluding carboxylic acids is 1. The van der Waals surface area contributed by atoms with E-state index in [1.807, 2.05) is 24.1 Å². The largest absolute Gasteiger partial charge is 0.385 e. The average Bonchev–Trinajstić information content (AvgIpc) is 2.70. The van der Waals surface area contributed by atoms with Crippen LogP contribution < -0.4 is 10.9 Å². The van der Waals surface area contributed by atoms with Crippen LogP contribution in [-0.2, 0) is 11.3 Å². The van der Waals surface area contributed by atoms with Crippen LogP contribution in [0.5, 0.6) is 0 Å². The molecule has 3 heterocycles. The monoisotopic (exact) mass is 411 g/mol. The average molecular weight is 412 g/mol. The number of aryl methyl sites for hydroxylation is 1.